The number of quaternary nitrogens is 1. The van der Waals surface area contributed by atoms with E-state index in [1.807, 2.05) is 12.5 Å². The molecule has 1 aromatic rings. The molecule has 0 bridgehead atoms. The Morgan fingerprint density at radius 1 is 1.08 bits per heavy atom. The topological polar surface area (TPSA) is 121 Å². The van der Waals surface area contributed by atoms with Gasteiger partial charge in [-0.25, -0.2) is 5.43 Å². The number of rotatable bonds is 4. The van der Waals surface area contributed by atoms with Crippen molar-refractivity contribution in [3.8, 4) is 0 Å². The predicted molar refractivity (Wildman–Crippen MR) is 153 cm³/mol. The van der Waals surface area contributed by atoms with Gasteiger partial charge in [-0.05, 0) is 111 Å². The maximum absolute atomic E-state index is 14.0. The van der Waals surface area contributed by atoms with Crippen molar-refractivity contribution in [1.29, 1.82) is 0 Å². The largest absolute Gasteiger partial charge is 0.390 e. The molecule has 210 valence electrons. The first-order chi connectivity index (χ1) is 17.7. The second-order valence-corrected chi connectivity index (χ2v) is 15.4. The van der Waals surface area contributed by atoms with Crippen LogP contribution in [0.5, 0.6) is 0 Å². The number of nitrogen functional groups attached to an aromatic ring is 1. The van der Waals surface area contributed by atoms with Gasteiger partial charge in [0.25, 0.3) is 0 Å². The third kappa shape index (κ3) is 3.39. The Kier molecular flexibility index (Phi) is 5.91. The number of carbonyl (C=O) groups is 1. The molecule has 0 aromatic heterocycles. The highest BCUT2D eigenvalue weighted by atomic mass is 32.2. The lowest BCUT2D eigenvalue weighted by atomic mass is 9.35. The molecule has 0 radical (unpaired) electrons. The molecule has 7 nitrogen and oxygen atoms in total. The van der Waals surface area contributed by atoms with Crippen molar-refractivity contribution in [2.45, 2.75) is 107 Å². The minimum atomic E-state index is -0.622. The van der Waals surface area contributed by atoms with Crippen LogP contribution in [0.25, 0.3) is 0 Å². The first-order valence-electron chi connectivity index (χ1n) is 14.6. The summed E-state index contributed by atoms with van der Waals surface area (Å²) in [6.07, 6.45) is 10.2. The lowest BCUT2D eigenvalue weighted by Crippen LogP contribution is -2.96. The van der Waals surface area contributed by atoms with Crippen LogP contribution in [0.3, 0.4) is 0 Å². The van der Waals surface area contributed by atoms with Gasteiger partial charge in [-0.2, -0.15) is 5.01 Å². The monoisotopic (exact) mass is 542 g/mol. The van der Waals surface area contributed by atoms with E-state index in [1.54, 1.807) is 11.8 Å². The fraction of sp³-hybridized carbons (Fsp3) is 0.767. The average molecular weight is 543 g/mol. The predicted octanol–water partition coefficient (Wildman–Crippen LogP) is 3.57. The molecule has 5 aliphatic rings. The number of nitrogens with one attached hydrogen (secondary N) is 1. The van der Waals surface area contributed by atoms with Crippen molar-refractivity contribution in [2.24, 2.45) is 39.5 Å². The molecule has 8 heteroatoms. The molecule has 4 aliphatic carbocycles. The summed E-state index contributed by atoms with van der Waals surface area (Å²) in [5.74, 6) is 0.441. The fourth-order valence-corrected chi connectivity index (χ4v) is 10.7. The standard InChI is InChI=1S/C30H47N5O2S/c1-25-10-9-24-29(31)11-8-20(23(36)17-35-22-7-6-19(38-5)16-21(22)33-34-35)27(29,3)13-15-30(24,32)28(25,4)14-12-26(2,37)18-25/h6-7,16,20,24,33-34,37H,8-15,17-18,31-32H2,1-5H3/p+1. The minimum Gasteiger partial charge on any atom is -0.390 e. The molecule has 8 atom stereocenters. The molecule has 4 fully saturated rings. The Morgan fingerprint density at radius 3 is 2.58 bits per heavy atom. The van der Waals surface area contributed by atoms with Crippen LogP contribution in [0.15, 0.2) is 23.1 Å². The normalized spacial score (nSPS) is 47.5. The number of fused-ring (bicyclic) bond motifs is 6. The zero-order valence-corrected chi connectivity index (χ0v) is 24.7. The lowest BCUT2D eigenvalue weighted by Gasteiger charge is -2.72. The summed E-state index contributed by atoms with van der Waals surface area (Å²) in [5, 5.41) is 13.1. The number of anilines is 2. The van der Waals surface area contributed by atoms with Crippen LogP contribution in [0.2, 0.25) is 0 Å². The third-order valence-electron chi connectivity index (χ3n) is 12.9. The Morgan fingerprint density at radius 2 is 1.84 bits per heavy atom. The zero-order valence-electron chi connectivity index (χ0n) is 23.9. The number of Topliss-reactive ketones (excluding diaryl/α,β-unsaturated/α-hetero) is 1. The van der Waals surface area contributed by atoms with Crippen LogP contribution in [-0.4, -0.2) is 40.4 Å². The summed E-state index contributed by atoms with van der Waals surface area (Å²) in [7, 11) is 0. The highest BCUT2D eigenvalue weighted by Crippen LogP contribution is 2.72. The molecule has 8 unspecified atom stereocenters. The molecule has 1 aliphatic heterocycles. The second kappa shape index (κ2) is 8.35. The van der Waals surface area contributed by atoms with Crippen molar-refractivity contribution in [3.05, 3.63) is 18.2 Å². The number of thioether (sulfide) groups is 1. The van der Waals surface area contributed by atoms with Crippen molar-refractivity contribution < 1.29 is 15.4 Å². The van der Waals surface area contributed by atoms with E-state index in [0.717, 1.165) is 69.2 Å². The Hall–Kier alpha value is -1.32. The number of ketones is 1. The van der Waals surface area contributed by atoms with E-state index < -0.39 is 11.1 Å². The highest BCUT2D eigenvalue weighted by Gasteiger charge is 2.74. The number of hydrogen-bond acceptors (Lipinski definition) is 7. The smallest absolute Gasteiger partial charge is 0.161 e. The maximum Gasteiger partial charge on any atom is 0.161 e. The molecule has 6 rings (SSSR count). The summed E-state index contributed by atoms with van der Waals surface area (Å²) >= 11 is 1.72. The first kappa shape index (κ1) is 26.9. The number of aliphatic hydroxyl groups is 1. The molecule has 38 heavy (non-hydrogen) atoms. The van der Waals surface area contributed by atoms with Crippen molar-refractivity contribution >= 4 is 28.9 Å². The SMILES string of the molecule is CSc1ccc2c(c1)N[NH2+]N2CC(=O)C1CCC2(N)C3CCC4(C)CC(C)(O)CCC4(C)C3(N)CCC12C. The minimum absolute atomic E-state index is 0.0000530. The Balaban J connectivity index is 1.25. The Labute approximate surface area is 232 Å². The molecule has 0 amide bonds. The third-order valence-corrected chi connectivity index (χ3v) is 13.6. The van der Waals surface area contributed by atoms with E-state index in [2.05, 4.69) is 55.7 Å². The number of hydrogen-bond donors (Lipinski definition) is 5. The van der Waals surface area contributed by atoms with E-state index >= 15 is 0 Å². The van der Waals surface area contributed by atoms with Gasteiger partial charge in [0.1, 0.15) is 17.9 Å². The molecule has 4 saturated carbocycles. The van der Waals surface area contributed by atoms with Crippen molar-refractivity contribution in [3.63, 3.8) is 0 Å². The van der Waals surface area contributed by atoms with E-state index in [-0.39, 0.29) is 33.6 Å². The molecular formula is C30H48N5O2S+. The van der Waals surface area contributed by atoms with E-state index in [1.165, 1.54) is 4.90 Å². The summed E-state index contributed by atoms with van der Waals surface area (Å²) in [6, 6.07) is 6.37. The molecule has 1 aromatic carbocycles. The molecule has 0 spiro atoms. The number of benzene rings is 1. The first-order valence-corrected chi connectivity index (χ1v) is 15.8. The van der Waals surface area contributed by atoms with Crippen LogP contribution in [0.1, 0.15) is 85.5 Å². The Bertz CT molecular complexity index is 1160. The van der Waals surface area contributed by atoms with E-state index in [9.17, 15) is 9.90 Å². The number of nitrogens with two attached hydrogens (primary N) is 3. The van der Waals surface area contributed by atoms with E-state index in [0.29, 0.717) is 12.3 Å². The second-order valence-electron chi connectivity index (χ2n) is 14.5. The summed E-state index contributed by atoms with van der Waals surface area (Å²) in [6.45, 7) is 9.43. The average Bonchev–Trinajstić information content (AvgIpc) is 3.37. The van der Waals surface area contributed by atoms with Gasteiger partial charge >= 0.3 is 0 Å². The van der Waals surface area contributed by atoms with Gasteiger partial charge in [0, 0.05) is 21.9 Å². The number of nitrogens with zero attached hydrogens (tertiary/aromatic N) is 1. The maximum atomic E-state index is 14.0. The van der Waals surface area contributed by atoms with Gasteiger partial charge in [-0.15, -0.1) is 17.3 Å². The lowest BCUT2D eigenvalue weighted by molar-refractivity contribution is -0.630. The summed E-state index contributed by atoms with van der Waals surface area (Å²) in [5.41, 5.74) is 20.8. The van der Waals surface area contributed by atoms with E-state index in [4.69, 9.17) is 11.5 Å². The fourth-order valence-electron chi connectivity index (χ4n) is 10.3. The summed E-state index contributed by atoms with van der Waals surface area (Å²) < 4.78 is 0. The van der Waals surface area contributed by atoms with Gasteiger partial charge in [-0.1, -0.05) is 20.8 Å². The van der Waals surface area contributed by atoms with Gasteiger partial charge in [-0.3, -0.25) is 4.79 Å². The van der Waals surface area contributed by atoms with Gasteiger partial charge < -0.3 is 16.6 Å². The van der Waals surface area contributed by atoms with Crippen LogP contribution in [-0.2, 0) is 4.79 Å². The van der Waals surface area contributed by atoms with Crippen molar-refractivity contribution in [1.82, 2.24) is 0 Å². The number of carbonyl (C=O) groups excluding carboxylic acids is 1. The molecule has 0 saturated heterocycles. The summed E-state index contributed by atoms with van der Waals surface area (Å²) in [4.78, 5) is 15.2. The highest BCUT2D eigenvalue weighted by molar-refractivity contribution is 7.98. The van der Waals surface area contributed by atoms with Crippen LogP contribution >= 0.6 is 11.8 Å². The molecular weight excluding hydrogens is 494 g/mol. The van der Waals surface area contributed by atoms with Crippen LogP contribution in [0, 0.1) is 28.1 Å². The van der Waals surface area contributed by atoms with Gasteiger partial charge in [0.2, 0.25) is 0 Å². The molecule has 1 heterocycles. The zero-order chi connectivity index (χ0) is 27.4. The van der Waals surface area contributed by atoms with Crippen LogP contribution < -0.4 is 27.4 Å². The van der Waals surface area contributed by atoms with Crippen molar-refractivity contribution in [2.75, 3.05) is 23.2 Å². The van der Waals surface area contributed by atoms with Crippen LogP contribution in [0.4, 0.5) is 11.4 Å². The van der Waals surface area contributed by atoms with Gasteiger partial charge in [0.05, 0.1) is 5.60 Å². The molecule has 8 N–H and O–H groups in total. The quantitative estimate of drug-likeness (QED) is 0.291. The van der Waals surface area contributed by atoms with Gasteiger partial charge in [0.15, 0.2) is 5.78 Å².